The molecule has 0 fully saturated rings. The highest BCUT2D eigenvalue weighted by Crippen LogP contribution is 2.40. The Morgan fingerprint density at radius 1 is 1.12 bits per heavy atom. The molecule has 0 aliphatic carbocycles. The minimum Gasteiger partial charge on any atom is -0.504 e. The molecule has 0 saturated heterocycles. The lowest BCUT2D eigenvalue weighted by Gasteiger charge is -2.27. The number of methoxy groups -OCH3 is 2. The highest BCUT2D eigenvalue weighted by atomic mass is 16.5. The first kappa shape index (κ1) is 21.3. The fraction of sp³-hybridized carbons (Fsp3) is 0.250. The van der Waals surface area contributed by atoms with Crippen molar-refractivity contribution >= 4 is 22.6 Å². The number of aliphatic hydroxyl groups excluding tert-OH is 1. The second-order valence-electron chi connectivity index (χ2n) is 7.63. The quantitative estimate of drug-likeness (QED) is 0.523. The van der Waals surface area contributed by atoms with Crippen molar-refractivity contribution in [2.24, 2.45) is 0 Å². The van der Waals surface area contributed by atoms with Crippen LogP contribution in [0.15, 0.2) is 53.9 Å². The van der Waals surface area contributed by atoms with Crippen LogP contribution in [0, 0.1) is 0 Å². The van der Waals surface area contributed by atoms with Crippen LogP contribution in [-0.4, -0.2) is 52.6 Å². The Labute approximate surface area is 184 Å². The highest BCUT2D eigenvalue weighted by molar-refractivity contribution is 6.08. The van der Waals surface area contributed by atoms with Gasteiger partial charge in [-0.1, -0.05) is 6.07 Å². The number of phenolic OH excluding ortho intramolecular Hbond substituents is 1. The second kappa shape index (κ2) is 8.30. The largest absolute Gasteiger partial charge is 0.504 e. The van der Waals surface area contributed by atoms with Gasteiger partial charge >= 0.3 is 0 Å². The van der Waals surface area contributed by atoms with E-state index in [0.717, 1.165) is 22.2 Å². The number of aromatic nitrogens is 1. The van der Waals surface area contributed by atoms with Crippen LogP contribution >= 0.6 is 0 Å². The summed E-state index contributed by atoms with van der Waals surface area (Å²) < 4.78 is 10.5. The van der Waals surface area contributed by atoms with E-state index in [2.05, 4.69) is 4.98 Å². The number of aliphatic hydroxyl groups is 1. The summed E-state index contributed by atoms with van der Waals surface area (Å²) in [7, 11) is 3.02. The van der Waals surface area contributed by atoms with Crippen molar-refractivity contribution in [1.82, 2.24) is 9.88 Å². The van der Waals surface area contributed by atoms with E-state index in [1.165, 1.54) is 25.0 Å². The monoisotopic (exact) mass is 436 g/mol. The van der Waals surface area contributed by atoms with Crippen LogP contribution in [0.5, 0.6) is 17.2 Å². The topological polar surface area (TPSA) is 112 Å². The van der Waals surface area contributed by atoms with E-state index < -0.39 is 23.5 Å². The number of Topliss-reactive ketones (excluding diaryl/α,β-unsaturated/α-hetero) is 1. The molecule has 1 aliphatic rings. The molecule has 2 heterocycles. The number of benzene rings is 2. The van der Waals surface area contributed by atoms with Crippen molar-refractivity contribution in [1.29, 1.82) is 0 Å². The normalized spacial score (nSPS) is 16.2. The van der Waals surface area contributed by atoms with Crippen LogP contribution in [0.1, 0.15) is 24.1 Å². The van der Waals surface area contributed by atoms with Gasteiger partial charge in [0.1, 0.15) is 5.75 Å². The summed E-state index contributed by atoms with van der Waals surface area (Å²) in [6.45, 7) is 1.58. The molecule has 0 saturated carbocycles. The van der Waals surface area contributed by atoms with Crippen LogP contribution in [-0.2, 0) is 16.0 Å². The summed E-state index contributed by atoms with van der Waals surface area (Å²) in [6.07, 6.45) is 2.37. The third-order valence-corrected chi connectivity index (χ3v) is 5.80. The van der Waals surface area contributed by atoms with Crippen molar-refractivity contribution in [3.8, 4) is 17.2 Å². The van der Waals surface area contributed by atoms with E-state index in [0.29, 0.717) is 12.0 Å². The number of hydrogen-bond acceptors (Lipinski definition) is 6. The smallest absolute Gasteiger partial charge is 0.290 e. The molecule has 32 heavy (non-hydrogen) atoms. The minimum atomic E-state index is -0.783. The van der Waals surface area contributed by atoms with Gasteiger partial charge in [0.2, 0.25) is 0 Å². The van der Waals surface area contributed by atoms with E-state index in [4.69, 9.17) is 9.47 Å². The number of aromatic amines is 1. The van der Waals surface area contributed by atoms with Crippen molar-refractivity contribution in [2.45, 2.75) is 19.4 Å². The van der Waals surface area contributed by atoms with Gasteiger partial charge in [0.05, 0.1) is 25.8 Å². The average Bonchev–Trinajstić information content (AvgIpc) is 3.30. The number of ether oxygens (including phenoxy) is 2. The highest BCUT2D eigenvalue weighted by Gasteiger charge is 2.42. The van der Waals surface area contributed by atoms with Crippen LogP contribution < -0.4 is 9.47 Å². The van der Waals surface area contributed by atoms with Crippen molar-refractivity contribution in [2.75, 3.05) is 20.8 Å². The van der Waals surface area contributed by atoms with Crippen LogP contribution in [0.2, 0.25) is 0 Å². The molecule has 2 aromatic carbocycles. The molecule has 0 radical (unpaired) electrons. The summed E-state index contributed by atoms with van der Waals surface area (Å²) >= 11 is 0. The van der Waals surface area contributed by atoms with E-state index in [9.17, 15) is 19.8 Å². The summed E-state index contributed by atoms with van der Waals surface area (Å²) in [4.78, 5) is 29.9. The predicted octanol–water partition coefficient (Wildman–Crippen LogP) is 3.42. The Kier molecular flexibility index (Phi) is 5.52. The number of nitrogens with zero attached hydrogens (tertiary/aromatic N) is 1. The zero-order valence-corrected chi connectivity index (χ0v) is 18.0. The molecule has 1 aromatic heterocycles. The molecule has 0 spiro atoms. The fourth-order valence-electron chi connectivity index (χ4n) is 4.19. The Bertz CT molecular complexity index is 1240. The van der Waals surface area contributed by atoms with Gasteiger partial charge in [-0.05, 0) is 54.8 Å². The lowest BCUT2D eigenvalue weighted by Crippen LogP contribution is -2.32. The summed E-state index contributed by atoms with van der Waals surface area (Å²) in [5.74, 6) is -0.666. The fourth-order valence-corrected chi connectivity index (χ4v) is 4.19. The molecule has 8 nitrogen and oxygen atoms in total. The predicted molar refractivity (Wildman–Crippen MR) is 118 cm³/mol. The number of carbonyl (C=O) groups is 2. The third kappa shape index (κ3) is 3.53. The number of phenols is 1. The van der Waals surface area contributed by atoms with Crippen molar-refractivity contribution in [3.63, 3.8) is 0 Å². The van der Waals surface area contributed by atoms with Gasteiger partial charge in [-0.15, -0.1) is 0 Å². The third-order valence-electron chi connectivity index (χ3n) is 5.80. The van der Waals surface area contributed by atoms with Gasteiger partial charge in [0.15, 0.2) is 23.0 Å². The first-order valence-corrected chi connectivity index (χ1v) is 10.1. The van der Waals surface area contributed by atoms with Crippen molar-refractivity contribution < 1.29 is 29.3 Å². The van der Waals surface area contributed by atoms with Gasteiger partial charge < -0.3 is 29.6 Å². The molecule has 0 bridgehead atoms. The average molecular weight is 436 g/mol. The summed E-state index contributed by atoms with van der Waals surface area (Å²) in [5, 5.41) is 21.4. The minimum absolute atomic E-state index is 0.0309. The first-order chi connectivity index (χ1) is 15.3. The zero-order valence-electron chi connectivity index (χ0n) is 18.0. The Balaban J connectivity index is 1.69. The number of hydrogen-bond donors (Lipinski definition) is 3. The SMILES string of the molecule is COc1ccc2[nH]cc(CCN3C(=O)C(O)=C(C(C)=O)[C@@H]3c3ccc(O)c(OC)c3)c2c1. The molecular formula is C24H24N2O6. The molecular weight excluding hydrogens is 412 g/mol. The maximum atomic E-state index is 12.9. The maximum absolute atomic E-state index is 12.9. The van der Waals surface area contributed by atoms with Crippen LogP contribution in [0.3, 0.4) is 0 Å². The van der Waals surface area contributed by atoms with Gasteiger partial charge in [0.25, 0.3) is 5.91 Å². The number of ketones is 1. The second-order valence-corrected chi connectivity index (χ2v) is 7.63. The Morgan fingerprint density at radius 3 is 2.59 bits per heavy atom. The van der Waals surface area contributed by atoms with E-state index in [1.54, 1.807) is 19.2 Å². The maximum Gasteiger partial charge on any atom is 0.290 e. The number of nitrogens with one attached hydrogen (secondary N) is 1. The number of rotatable bonds is 7. The standard InChI is InChI=1S/C24H24N2O6/c1-13(27)21-22(14-4-7-19(28)20(10-14)32-3)26(24(30)23(21)29)9-8-15-12-25-18-6-5-16(31-2)11-17(15)18/h4-7,10-12,22,25,28-29H,8-9H2,1-3H3/t22-/m0/s1. The lowest BCUT2D eigenvalue weighted by molar-refractivity contribution is -0.129. The first-order valence-electron chi connectivity index (χ1n) is 10.1. The molecule has 8 heteroatoms. The number of H-pyrrole nitrogens is 1. The summed E-state index contributed by atoms with van der Waals surface area (Å²) in [6, 6.07) is 9.54. The van der Waals surface area contributed by atoms with Crippen molar-refractivity contribution in [3.05, 3.63) is 65.1 Å². The van der Waals surface area contributed by atoms with Gasteiger partial charge in [0, 0.05) is 23.6 Å². The Hall–Kier alpha value is -3.94. The number of amides is 1. The molecule has 1 atom stereocenters. The number of aromatic hydroxyl groups is 1. The molecule has 3 aromatic rings. The molecule has 1 amide bonds. The van der Waals surface area contributed by atoms with Gasteiger partial charge in [-0.25, -0.2) is 0 Å². The molecule has 0 unspecified atom stereocenters. The van der Waals surface area contributed by atoms with E-state index in [-0.39, 0.29) is 23.6 Å². The van der Waals surface area contributed by atoms with Crippen LogP contribution in [0.25, 0.3) is 10.9 Å². The number of carbonyl (C=O) groups excluding carboxylic acids is 2. The molecule has 4 rings (SSSR count). The molecule has 1 aliphatic heterocycles. The van der Waals surface area contributed by atoms with Crippen LogP contribution in [0.4, 0.5) is 0 Å². The van der Waals surface area contributed by atoms with Gasteiger partial charge in [-0.3, -0.25) is 9.59 Å². The van der Waals surface area contributed by atoms with E-state index in [1.807, 2.05) is 24.4 Å². The molecule has 3 N–H and O–H groups in total. The Morgan fingerprint density at radius 2 is 1.91 bits per heavy atom. The molecule has 166 valence electrons. The summed E-state index contributed by atoms with van der Waals surface area (Å²) in [5.41, 5.74) is 2.51. The lowest BCUT2D eigenvalue weighted by atomic mass is 9.96. The zero-order chi connectivity index (χ0) is 23.0. The number of fused-ring (bicyclic) bond motifs is 1. The van der Waals surface area contributed by atoms with Gasteiger partial charge in [-0.2, -0.15) is 0 Å². The van der Waals surface area contributed by atoms with E-state index >= 15 is 0 Å².